The van der Waals surface area contributed by atoms with Crippen LogP contribution in [0, 0.1) is 0 Å². The molecule has 0 fully saturated rings. The molecule has 90 valence electrons. The van der Waals surface area contributed by atoms with Gasteiger partial charge in [-0.05, 0) is 41.6 Å². The summed E-state index contributed by atoms with van der Waals surface area (Å²) in [4.78, 5) is 0. The van der Waals surface area contributed by atoms with E-state index in [1.807, 2.05) is 13.1 Å². The fourth-order valence-electron chi connectivity index (χ4n) is 1.84. The molecule has 2 N–H and O–H groups in total. The number of ether oxygens (including phenoxy) is 1. The molecular formula is C14H18N2O. The van der Waals surface area contributed by atoms with Gasteiger partial charge < -0.3 is 15.4 Å². The molecule has 3 heteroatoms. The Bertz CT molecular complexity index is 497. The summed E-state index contributed by atoms with van der Waals surface area (Å²) in [6, 6.07) is 12.6. The molecule has 0 atom stereocenters. The van der Waals surface area contributed by atoms with E-state index in [-0.39, 0.29) is 0 Å². The summed E-state index contributed by atoms with van der Waals surface area (Å²) in [5.41, 5.74) is 1.29. The van der Waals surface area contributed by atoms with Gasteiger partial charge in [0.25, 0.3) is 0 Å². The zero-order valence-corrected chi connectivity index (χ0v) is 10.3. The van der Waals surface area contributed by atoms with Crippen LogP contribution in [-0.4, -0.2) is 20.8 Å². The maximum absolute atomic E-state index is 5.21. The maximum Gasteiger partial charge on any atom is 0.119 e. The number of nitrogens with one attached hydrogen (secondary N) is 2. The van der Waals surface area contributed by atoms with Crippen LogP contribution in [0.25, 0.3) is 10.8 Å². The van der Waals surface area contributed by atoms with Crippen molar-refractivity contribution in [1.82, 2.24) is 10.6 Å². The summed E-state index contributed by atoms with van der Waals surface area (Å²) >= 11 is 0. The van der Waals surface area contributed by atoms with E-state index in [4.69, 9.17) is 4.74 Å². The molecule has 0 heterocycles. The topological polar surface area (TPSA) is 33.3 Å². The van der Waals surface area contributed by atoms with Gasteiger partial charge in [0, 0.05) is 13.2 Å². The van der Waals surface area contributed by atoms with Crippen molar-refractivity contribution in [3.8, 4) is 5.75 Å². The van der Waals surface area contributed by atoms with Gasteiger partial charge in [-0.15, -0.1) is 0 Å². The molecule has 0 saturated heterocycles. The maximum atomic E-state index is 5.21. The van der Waals surface area contributed by atoms with Gasteiger partial charge >= 0.3 is 0 Å². The zero-order valence-electron chi connectivity index (χ0n) is 10.3. The highest BCUT2D eigenvalue weighted by atomic mass is 16.5. The minimum Gasteiger partial charge on any atom is -0.497 e. The lowest BCUT2D eigenvalue weighted by molar-refractivity contribution is 0.415. The molecule has 0 radical (unpaired) electrons. The van der Waals surface area contributed by atoms with Gasteiger partial charge in [0.1, 0.15) is 5.75 Å². The third-order valence-corrected chi connectivity index (χ3v) is 2.74. The summed E-state index contributed by atoms with van der Waals surface area (Å²) < 4.78 is 5.21. The van der Waals surface area contributed by atoms with Gasteiger partial charge in [0.05, 0.1) is 7.11 Å². The molecule has 0 amide bonds. The fourth-order valence-corrected chi connectivity index (χ4v) is 1.84. The second kappa shape index (κ2) is 5.66. The molecule has 17 heavy (non-hydrogen) atoms. The fraction of sp³-hybridized carbons (Fsp3) is 0.286. The van der Waals surface area contributed by atoms with Gasteiger partial charge in [-0.3, -0.25) is 0 Å². The third-order valence-electron chi connectivity index (χ3n) is 2.74. The van der Waals surface area contributed by atoms with Crippen LogP contribution in [0.5, 0.6) is 5.75 Å². The minimum atomic E-state index is 0.820. The van der Waals surface area contributed by atoms with Crippen molar-refractivity contribution in [2.45, 2.75) is 6.54 Å². The summed E-state index contributed by atoms with van der Waals surface area (Å²) in [6.45, 7) is 1.70. The molecule has 2 rings (SSSR count). The van der Waals surface area contributed by atoms with Gasteiger partial charge in [-0.1, -0.05) is 18.2 Å². The molecule has 0 unspecified atom stereocenters. The zero-order chi connectivity index (χ0) is 12.1. The summed E-state index contributed by atoms with van der Waals surface area (Å²) in [7, 11) is 3.62. The lowest BCUT2D eigenvalue weighted by atomic mass is 10.1. The number of hydrogen-bond donors (Lipinski definition) is 2. The van der Waals surface area contributed by atoms with Gasteiger partial charge in [0.15, 0.2) is 0 Å². The summed E-state index contributed by atoms with van der Waals surface area (Å²) in [6.07, 6.45) is 0. The predicted molar refractivity (Wildman–Crippen MR) is 71.3 cm³/mol. The van der Waals surface area contributed by atoms with Crippen molar-refractivity contribution in [1.29, 1.82) is 0 Å². The molecule has 0 aliphatic rings. The van der Waals surface area contributed by atoms with E-state index < -0.39 is 0 Å². The molecule has 0 aliphatic carbocycles. The third kappa shape index (κ3) is 2.96. The van der Waals surface area contributed by atoms with Crippen LogP contribution in [0.15, 0.2) is 36.4 Å². The van der Waals surface area contributed by atoms with Crippen LogP contribution in [0.3, 0.4) is 0 Å². The van der Waals surface area contributed by atoms with Crippen molar-refractivity contribution < 1.29 is 4.74 Å². The van der Waals surface area contributed by atoms with Crippen LogP contribution in [0.2, 0.25) is 0 Å². The predicted octanol–water partition coefficient (Wildman–Crippen LogP) is 2.11. The molecule has 0 saturated carbocycles. The van der Waals surface area contributed by atoms with E-state index in [9.17, 15) is 0 Å². The normalized spacial score (nSPS) is 10.7. The summed E-state index contributed by atoms with van der Waals surface area (Å²) in [5.74, 6) is 0.901. The van der Waals surface area contributed by atoms with Crippen molar-refractivity contribution >= 4 is 10.8 Å². The van der Waals surface area contributed by atoms with Crippen LogP contribution in [-0.2, 0) is 6.54 Å². The highest BCUT2D eigenvalue weighted by Crippen LogP contribution is 2.21. The van der Waals surface area contributed by atoms with Crippen molar-refractivity contribution in [2.24, 2.45) is 0 Å². The molecular weight excluding hydrogens is 212 g/mol. The van der Waals surface area contributed by atoms with E-state index in [0.29, 0.717) is 0 Å². The van der Waals surface area contributed by atoms with Crippen molar-refractivity contribution in [3.05, 3.63) is 42.0 Å². The Morgan fingerprint density at radius 2 is 1.82 bits per heavy atom. The Morgan fingerprint density at radius 1 is 1.06 bits per heavy atom. The molecule has 3 nitrogen and oxygen atoms in total. The van der Waals surface area contributed by atoms with Crippen LogP contribution in [0.4, 0.5) is 0 Å². The second-order valence-corrected chi connectivity index (χ2v) is 4.00. The first-order chi connectivity index (χ1) is 8.33. The largest absolute Gasteiger partial charge is 0.497 e. The van der Waals surface area contributed by atoms with Crippen molar-refractivity contribution in [3.63, 3.8) is 0 Å². The number of fused-ring (bicyclic) bond motifs is 1. The Kier molecular flexibility index (Phi) is 3.96. The average Bonchev–Trinajstić information content (AvgIpc) is 2.38. The standard InChI is InChI=1S/C14H18N2O/c1-15-10-16-9-11-3-4-13-8-14(17-2)6-5-12(13)7-11/h3-8,15-16H,9-10H2,1-2H3. The molecule has 2 aromatic carbocycles. The molecule has 0 aliphatic heterocycles. The van der Waals surface area contributed by atoms with Crippen LogP contribution >= 0.6 is 0 Å². The highest BCUT2D eigenvalue weighted by molar-refractivity contribution is 5.84. The number of hydrogen-bond acceptors (Lipinski definition) is 3. The first-order valence-electron chi connectivity index (χ1n) is 5.75. The Labute approximate surface area is 102 Å². The number of methoxy groups -OCH3 is 1. The number of benzene rings is 2. The lowest BCUT2D eigenvalue weighted by Crippen LogP contribution is -2.25. The van der Waals surface area contributed by atoms with E-state index in [1.54, 1.807) is 7.11 Å². The van der Waals surface area contributed by atoms with Gasteiger partial charge in [0.2, 0.25) is 0 Å². The molecule has 0 spiro atoms. The first-order valence-corrected chi connectivity index (χ1v) is 5.75. The van der Waals surface area contributed by atoms with E-state index in [0.717, 1.165) is 19.0 Å². The summed E-state index contributed by atoms with van der Waals surface area (Å²) in [5, 5.41) is 8.82. The second-order valence-electron chi connectivity index (χ2n) is 4.00. The van der Waals surface area contributed by atoms with E-state index in [2.05, 4.69) is 41.0 Å². The number of rotatable bonds is 5. The smallest absolute Gasteiger partial charge is 0.119 e. The lowest BCUT2D eigenvalue weighted by Gasteiger charge is -2.07. The Hall–Kier alpha value is -1.58. The van der Waals surface area contributed by atoms with Crippen LogP contribution < -0.4 is 15.4 Å². The average molecular weight is 230 g/mol. The molecule has 0 bridgehead atoms. The van der Waals surface area contributed by atoms with E-state index in [1.165, 1.54) is 16.3 Å². The van der Waals surface area contributed by atoms with Crippen LogP contribution in [0.1, 0.15) is 5.56 Å². The Balaban J connectivity index is 2.19. The monoisotopic (exact) mass is 230 g/mol. The highest BCUT2D eigenvalue weighted by Gasteiger charge is 1.98. The van der Waals surface area contributed by atoms with Gasteiger partial charge in [-0.25, -0.2) is 0 Å². The first kappa shape index (κ1) is 11.9. The van der Waals surface area contributed by atoms with Gasteiger partial charge in [-0.2, -0.15) is 0 Å². The van der Waals surface area contributed by atoms with E-state index >= 15 is 0 Å². The molecule has 0 aromatic heterocycles. The Morgan fingerprint density at radius 3 is 2.59 bits per heavy atom. The molecule has 2 aromatic rings. The quantitative estimate of drug-likeness (QED) is 0.609. The SMILES string of the molecule is CNCNCc1ccc2cc(OC)ccc2c1. The van der Waals surface area contributed by atoms with Crippen molar-refractivity contribution in [2.75, 3.05) is 20.8 Å². The minimum absolute atomic E-state index is 0.820.